The van der Waals surface area contributed by atoms with Crippen molar-refractivity contribution in [1.29, 1.82) is 0 Å². The van der Waals surface area contributed by atoms with Gasteiger partial charge in [0, 0.05) is 13.1 Å². The molecule has 0 bridgehead atoms. The lowest BCUT2D eigenvalue weighted by atomic mass is 10.7. The van der Waals surface area contributed by atoms with E-state index in [1.54, 1.807) is 12.2 Å². The highest BCUT2D eigenvalue weighted by Gasteiger charge is 1.57. The summed E-state index contributed by atoms with van der Waals surface area (Å²) in [5.41, 5.74) is 4.80. The lowest BCUT2D eigenvalue weighted by Crippen LogP contribution is -2.20. The number of rotatable bonds is 4. The highest BCUT2D eigenvalue weighted by molar-refractivity contribution is 4.66. The summed E-state index contributed by atoms with van der Waals surface area (Å²) in [7, 11) is 0. The smallest absolute Gasteiger partial charge is 0.0275 e. The van der Waals surface area contributed by atoms with Gasteiger partial charge in [-0.1, -0.05) is 12.2 Å². The van der Waals surface area contributed by atoms with Crippen molar-refractivity contribution in [3.05, 3.63) is 25.3 Å². The highest BCUT2D eigenvalue weighted by Crippen LogP contribution is 1.46. The Morgan fingerprint density at radius 1 is 1.00 bits per heavy atom. The summed E-state index contributed by atoms with van der Waals surface area (Å²) in [5, 5.41) is 0. The molecule has 4 nitrogen and oxygen atoms in total. The minimum absolute atomic E-state index is 0.681. The topological polar surface area (TPSA) is 76.1 Å². The fourth-order valence-electron chi connectivity index (χ4n) is 0.167. The number of hydrazine groups is 2. The first kappa shape index (κ1) is 12.0. The predicted molar refractivity (Wildman–Crippen MR) is 44.8 cm³/mol. The largest absolute Gasteiger partial charge is 0.271 e. The molecule has 0 aliphatic heterocycles. The monoisotopic (exact) mass is 144 g/mol. The molecule has 0 fully saturated rings. The molecule has 0 atom stereocenters. The zero-order chi connectivity index (χ0) is 8.24. The number of hydrogen-bond acceptors (Lipinski definition) is 4. The SMILES string of the molecule is C=CCNN.C=CCNN. The third-order valence-electron chi connectivity index (χ3n) is 0.524. The first-order chi connectivity index (χ1) is 4.83. The van der Waals surface area contributed by atoms with Gasteiger partial charge in [0.2, 0.25) is 0 Å². The first-order valence-corrected chi connectivity index (χ1v) is 2.92. The third kappa shape index (κ3) is 26.5. The van der Waals surface area contributed by atoms with Gasteiger partial charge in [0.05, 0.1) is 0 Å². The summed E-state index contributed by atoms with van der Waals surface area (Å²) >= 11 is 0. The molecule has 0 aromatic carbocycles. The van der Waals surface area contributed by atoms with Gasteiger partial charge < -0.3 is 0 Å². The van der Waals surface area contributed by atoms with Crippen molar-refractivity contribution in [1.82, 2.24) is 10.9 Å². The van der Waals surface area contributed by atoms with Crippen molar-refractivity contribution in [3.63, 3.8) is 0 Å². The van der Waals surface area contributed by atoms with Crippen LogP contribution in [-0.2, 0) is 0 Å². The standard InChI is InChI=1S/2C3H8N2/c2*1-2-3-5-4/h2*2,5H,1,3-4H2. The molecule has 0 heterocycles. The van der Waals surface area contributed by atoms with Crippen LogP contribution in [0.5, 0.6) is 0 Å². The molecule has 0 aromatic rings. The summed E-state index contributed by atoms with van der Waals surface area (Å²) in [4.78, 5) is 0. The van der Waals surface area contributed by atoms with Crippen molar-refractivity contribution in [2.24, 2.45) is 11.7 Å². The van der Waals surface area contributed by atoms with Crippen LogP contribution in [0.1, 0.15) is 0 Å². The van der Waals surface area contributed by atoms with Gasteiger partial charge in [-0.15, -0.1) is 13.2 Å². The molecule has 0 aliphatic carbocycles. The average Bonchev–Trinajstić information content (AvgIpc) is 1.93. The van der Waals surface area contributed by atoms with E-state index in [0.29, 0.717) is 13.1 Å². The van der Waals surface area contributed by atoms with Crippen LogP contribution in [-0.4, -0.2) is 13.1 Å². The quantitative estimate of drug-likeness (QED) is 0.238. The second-order valence-corrected chi connectivity index (χ2v) is 1.39. The molecule has 0 saturated carbocycles. The van der Waals surface area contributed by atoms with Gasteiger partial charge in [0.15, 0.2) is 0 Å². The van der Waals surface area contributed by atoms with Crippen LogP contribution < -0.4 is 22.5 Å². The van der Waals surface area contributed by atoms with E-state index in [9.17, 15) is 0 Å². The van der Waals surface area contributed by atoms with E-state index in [0.717, 1.165) is 0 Å². The Bertz CT molecular complexity index is 62.1. The summed E-state index contributed by atoms with van der Waals surface area (Å²) in [6, 6.07) is 0. The van der Waals surface area contributed by atoms with E-state index < -0.39 is 0 Å². The Morgan fingerprint density at radius 3 is 1.30 bits per heavy atom. The van der Waals surface area contributed by atoms with Crippen LogP contribution in [0.4, 0.5) is 0 Å². The van der Waals surface area contributed by atoms with E-state index in [1.165, 1.54) is 0 Å². The predicted octanol–water partition coefficient (Wildman–Crippen LogP) is -0.729. The fraction of sp³-hybridized carbons (Fsp3) is 0.333. The molecule has 4 heteroatoms. The van der Waals surface area contributed by atoms with Crippen LogP contribution in [0.3, 0.4) is 0 Å². The summed E-state index contributed by atoms with van der Waals surface area (Å²) < 4.78 is 0. The third-order valence-corrected chi connectivity index (χ3v) is 0.524. The van der Waals surface area contributed by atoms with E-state index in [-0.39, 0.29) is 0 Å². The van der Waals surface area contributed by atoms with Crippen molar-refractivity contribution in [3.8, 4) is 0 Å². The Kier molecular flexibility index (Phi) is 19.0. The zero-order valence-electron chi connectivity index (χ0n) is 6.14. The molecular weight excluding hydrogens is 128 g/mol. The second-order valence-electron chi connectivity index (χ2n) is 1.39. The van der Waals surface area contributed by atoms with Crippen molar-refractivity contribution in [2.45, 2.75) is 0 Å². The van der Waals surface area contributed by atoms with Gasteiger partial charge in [-0.2, -0.15) is 0 Å². The van der Waals surface area contributed by atoms with Gasteiger partial charge in [-0.3, -0.25) is 22.5 Å². The van der Waals surface area contributed by atoms with Crippen LogP contribution in [0.25, 0.3) is 0 Å². The van der Waals surface area contributed by atoms with E-state index in [2.05, 4.69) is 24.0 Å². The lowest BCUT2D eigenvalue weighted by molar-refractivity contribution is 0.824. The van der Waals surface area contributed by atoms with Crippen LogP contribution in [0.15, 0.2) is 25.3 Å². The number of nitrogens with one attached hydrogen (secondary N) is 2. The Hall–Kier alpha value is -0.680. The summed E-state index contributed by atoms with van der Waals surface area (Å²) in [5.74, 6) is 9.64. The Labute approximate surface area is 61.9 Å². The first-order valence-electron chi connectivity index (χ1n) is 2.92. The molecule has 0 aromatic heterocycles. The maximum Gasteiger partial charge on any atom is 0.0275 e. The Morgan fingerprint density at radius 2 is 1.30 bits per heavy atom. The van der Waals surface area contributed by atoms with E-state index in [1.807, 2.05) is 0 Å². The maximum absolute atomic E-state index is 4.82. The molecule has 0 unspecified atom stereocenters. The van der Waals surface area contributed by atoms with Crippen molar-refractivity contribution in [2.75, 3.05) is 13.1 Å². The van der Waals surface area contributed by atoms with Gasteiger partial charge in [-0.05, 0) is 0 Å². The Balaban J connectivity index is 0. The normalized spacial score (nSPS) is 7.40. The summed E-state index contributed by atoms with van der Waals surface area (Å²) in [6.07, 6.45) is 3.39. The molecular formula is C6H16N4. The maximum atomic E-state index is 4.82. The number of nitrogens with two attached hydrogens (primary N) is 2. The minimum Gasteiger partial charge on any atom is -0.271 e. The molecule has 0 radical (unpaired) electrons. The van der Waals surface area contributed by atoms with Gasteiger partial charge in [-0.25, -0.2) is 0 Å². The molecule has 6 N–H and O–H groups in total. The lowest BCUT2D eigenvalue weighted by Gasteiger charge is -1.80. The molecule has 0 saturated heterocycles. The highest BCUT2D eigenvalue weighted by atomic mass is 15.2. The average molecular weight is 144 g/mol. The second kappa shape index (κ2) is 15.8. The molecule has 0 spiro atoms. The summed E-state index contributed by atoms with van der Waals surface area (Å²) in [6.45, 7) is 8.18. The minimum atomic E-state index is 0.681. The van der Waals surface area contributed by atoms with Crippen LogP contribution in [0, 0.1) is 0 Å². The van der Waals surface area contributed by atoms with Gasteiger partial charge in [0.1, 0.15) is 0 Å². The molecule has 0 amide bonds. The van der Waals surface area contributed by atoms with Crippen molar-refractivity contribution < 1.29 is 0 Å². The van der Waals surface area contributed by atoms with E-state index >= 15 is 0 Å². The van der Waals surface area contributed by atoms with Crippen LogP contribution >= 0.6 is 0 Å². The molecule has 10 heavy (non-hydrogen) atoms. The number of hydrogen-bond donors (Lipinski definition) is 4. The van der Waals surface area contributed by atoms with Crippen LogP contribution in [0.2, 0.25) is 0 Å². The molecule has 0 aliphatic rings. The van der Waals surface area contributed by atoms with E-state index in [4.69, 9.17) is 11.7 Å². The fourth-order valence-corrected chi connectivity index (χ4v) is 0.167. The molecule has 0 rings (SSSR count). The molecule has 60 valence electrons. The van der Waals surface area contributed by atoms with Gasteiger partial charge >= 0.3 is 0 Å². The van der Waals surface area contributed by atoms with Crippen molar-refractivity contribution >= 4 is 0 Å². The zero-order valence-corrected chi connectivity index (χ0v) is 6.14. The van der Waals surface area contributed by atoms with Gasteiger partial charge in [0.25, 0.3) is 0 Å².